The summed E-state index contributed by atoms with van der Waals surface area (Å²) in [5, 5.41) is 10.0. The molecule has 100 valence electrons. The highest BCUT2D eigenvalue weighted by Gasteiger charge is 2.34. The summed E-state index contributed by atoms with van der Waals surface area (Å²) in [5.74, 6) is 0.167. The van der Waals surface area contributed by atoms with E-state index < -0.39 is 5.60 Å². The third-order valence-corrected chi connectivity index (χ3v) is 3.70. The molecule has 4 nitrogen and oxygen atoms in total. The van der Waals surface area contributed by atoms with Gasteiger partial charge in [0.05, 0.1) is 5.60 Å². The van der Waals surface area contributed by atoms with E-state index in [1.165, 1.54) is 0 Å². The number of rotatable bonds is 3. The predicted molar refractivity (Wildman–Crippen MR) is 68.5 cm³/mol. The lowest BCUT2D eigenvalue weighted by Crippen LogP contribution is -2.42. The predicted octanol–water partition coefficient (Wildman–Crippen LogP) is 1.12. The summed E-state index contributed by atoms with van der Waals surface area (Å²) in [6.45, 7) is 7.69. The van der Waals surface area contributed by atoms with Gasteiger partial charge in [0.15, 0.2) is 0 Å². The minimum absolute atomic E-state index is 0.167. The van der Waals surface area contributed by atoms with Crippen LogP contribution in [0, 0.1) is 5.41 Å². The Morgan fingerprint density at radius 1 is 1.41 bits per heavy atom. The monoisotopic (exact) mass is 242 g/mol. The zero-order chi connectivity index (χ0) is 13.1. The molecular formula is C13H26N2O2. The highest BCUT2D eigenvalue weighted by molar-refractivity contribution is 5.82. The van der Waals surface area contributed by atoms with Crippen LogP contribution < -0.4 is 5.73 Å². The maximum Gasteiger partial charge on any atom is 0.228 e. The summed E-state index contributed by atoms with van der Waals surface area (Å²) >= 11 is 0. The first-order valence-electron chi connectivity index (χ1n) is 6.50. The standard InChI is InChI=1S/C13H26N2O2/c1-12(2,6-8-14)11(16)15-9-4-5-13(3,17)7-10-15/h17H,4-10,14H2,1-3H3. The van der Waals surface area contributed by atoms with Crippen LogP contribution in [0.25, 0.3) is 0 Å². The van der Waals surface area contributed by atoms with Gasteiger partial charge in [-0.3, -0.25) is 4.79 Å². The van der Waals surface area contributed by atoms with Crippen LogP contribution in [0.15, 0.2) is 0 Å². The second kappa shape index (κ2) is 5.36. The van der Waals surface area contributed by atoms with Crippen LogP contribution in [-0.4, -0.2) is 41.1 Å². The molecule has 0 aliphatic carbocycles. The fraction of sp³-hybridized carbons (Fsp3) is 0.923. The molecule has 1 aliphatic rings. The third-order valence-electron chi connectivity index (χ3n) is 3.70. The van der Waals surface area contributed by atoms with E-state index in [1.807, 2.05) is 25.7 Å². The zero-order valence-corrected chi connectivity index (χ0v) is 11.3. The van der Waals surface area contributed by atoms with Gasteiger partial charge in [-0.2, -0.15) is 0 Å². The normalized spacial score (nSPS) is 26.8. The Hall–Kier alpha value is -0.610. The first kappa shape index (κ1) is 14.5. The molecule has 1 heterocycles. The van der Waals surface area contributed by atoms with Crippen LogP contribution in [0.3, 0.4) is 0 Å². The molecule has 1 unspecified atom stereocenters. The minimum atomic E-state index is -0.618. The number of hydrogen-bond donors (Lipinski definition) is 2. The van der Waals surface area contributed by atoms with E-state index in [9.17, 15) is 9.90 Å². The van der Waals surface area contributed by atoms with Gasteiger partial charge in [-0.05, 0) is 39.2 Å². The number of amides is 1. The Bertz CT molecular complexity index is 275. The molecule has 4 heteroatoms. The molecule has 0 aromatic rings. The lowest BCUT2D eigenvalue weighted by Gasteiger charge is -2.31. The molecule has 3 N–H and O–H groups in total. The van der Waals surface area contributed by atoms with Crippen molar-refractivity contribution in [1.29, 1.82) is 0 Å². The summed E-state index contributed by atoms with van der Waals surface area (Å²) in [6, 6.07) is 0. The second-order valence-corrected chi connectivity index (χ2v) is 6.07. The van der Waals surface area contributed by atoms with Crippen molar-refractivity contribution < 1.29 is 9.90 Å². The molecule has 1 atom stereocenters. The van der Waals surface area contributed by atoms with Crippen LogP contribution in [-0.2, 0) is 4.79 Å². The average Bonchev–Trinajstić information content (AvgIpc) is 2.38. The zero-order valence-electron chi connectivity index (χ0n) is 11.3. The molecule has 0 bridgehead atoms. The van der Waals surface area contributed by atoms with E-state index in [1.54, 1.807) is 0 Å². The Kier molecular flexibility index (Phi) is 4.55. The first-order valence-corrected chi connectivity index (χ1v) is 6.50. The largest absolute Gasteiger partial charge is 0.390 e. The van der Waals surface area contributed by atoms with Gasteiger partial charge in [0.1, 0.15) is 0 Å². The van der Waals surface area contributed by atoms with Crippen LogP contribution >= 0.6 is 0 Å². The quantitative estimate of drug-likeness (QED) is 0.779. The molecular weight excluding hydrogens is 216 g/mol. The van der Waals surface area contributed by atoms with Crippen molar-refractivity contribution in [2.45, 2.75) is 52.1 Å². The molecule has 0 aromatic carbocycles. The second-order valence-electron chi connectivity index (χ2n) is 6.07. The van der Waals surface area contributed by atoms with Gasteiger partial charge in [0.2, 0.25) is 5.91 Å². The molecule has 1 rings (SSSR count). The summed E-state index contributed by atoms with van der Waals surface area (Å²) in [6.07, 6.45) is 3.02. The molecule has 0 saturated carbocycles. The highest BCUT2D eigenvalue weighted by Crippen LogP contribution is 2.27. The summed E-state index contributed by atoms with van der Waals surface area (Å²) in [4.78, 5) is 14.2. The Morgan fingerprint density at radius 2 is 2.06 bits per heavy atom. The molecule has 0 aromatic heterocycles. The first-order chi connectivity index (χ1) is 7.78. The van der Waals surface area contributed by atoms with E-state index in [-0.39, 0.29) is 11.3 Å². The maximum atomic E-state index is 12.4. The van der Waals surface area contributed by atoms with Crippen LogP contribution in [0.5, 0.6) is 0 Å². The molecule has 0 radical (unpaired) electrons. The molecule has 17 heavy (non-hydrogen) atoms. The average molecular weight is 242 g/mol. The van der Waals surface area contributed by atoms with Crippen molar-refractivity contribution in [3.8, 4) is 0 Å². The van der Waals surface area contributed by atoms with Crippen molar-refractivity contribution in [2.75, 3.05) is 19.6 Å². The number of carbonyl (C=O) groups excluding carboxylic acids is 1. The number of nitrogens with two attached hydrogens (primary N) is 1. The Balaban J connectivity index is 2.64. The van der Waals surface area contributed by atoms with Crippen molar-refractivity contribution in [3.63, 3.8) is 0 Å². The van der Waals surface area contributed by atoms with Gasteiger partial charge >= 0.3 is 0 Å². The number of carbonyl (C=O) groups is 1. The van der Waals surface area contributed by atoms with Gasteiger partial charge in [-0.25, -0.2) is 0 Å². The van der Waals surface area contributed by atoms with Crippen LogP contribution in [0.2, 0.25) is 0 Å². The number of nitrogens with zero attached hydrogens (tertiary/aromatic N) is 1. The molecule has 1 aliphatic heterocycles. The highest BCUT2D eigenvalue weighted by atomic mass is 16.3. The van der Waals surface area contributed by atoms with Crippen LogP contribution in [0.1, 0.15) is 46.5 Å². The van der Waals surface area contributed by atoms with Gasteiger partial charge in [-0.1, -0.05) is 13.8 Å². The molecule has 0 spiro atoms. The number of hydrogen-bond acceptors (Lipinski definition) is 3. The van der Waals surface area contributed by atoms with Crippen molar-refractivity contribution in [3.05, 3.63) is 0 Å². The van der Waals surface area contributed by atoms with Gasteiger partial charge in [0.25, 0.3) is 0 Å². The van der Waals surface area contributed by atoms with E-state index in [2.05, 4.69) is 0 Å². The number of aliphatic hydroxyl groups is 1. The smallest absolute Gasteiger partial charge is 0.228 e. The molecule has 1 amide bonds. The van der Waals surface area contributed by atoms with Crippen molar-refractivity contribution in [1.82, 2.24) is 4.90 Å². The summed E-state index contributed by atoms with van der Waals surface area (Å²) in [5.41, 5.74) is 4.54. The van der Waals surface area contributed by atoms with Crippen molar-refractivity contribution >= 4 is 5.91 Å². The summed E-state index contributed by atoms with van der Waals surface area (Å²) in [7, 11) is 0. The van der Waals surface area contributed by atoms with Crippen molar-refractivity contribution in [2.24, 2.45) is 11.1 Å². The maximum absolute atomic E-state index is 12.4. The van der Waals surface area contributed by atoms with Gasteiger partial charge in [-0.15, -0.1) is 0 Å². The lowest BCUT2D eigenvalue weighted by molar-refractivity contribution is -0.140. The minimum Gasteiger partial charge on any atom is -0.390 e. The molecule has 1 saturated heterocycles. The van der Waals surface area contributed by atoms with E-state index in [0.717, 1.165) is 19.4 Å². The van der Waals surface area contributed by atoms with E-state index in [4.69, 9.17) is 5.73 Å². The SMILES string of the molecule is CC1(O)CCCN(C(=O)C(C)(C)CCN)CC1. The topological polar surface area (TPSA) is 66.6 Å². The van der Waals surface area contributed by atoms with Crippen LogP contribution in [0.4, 0.5) is 0 Å². The third kappa shape index (κ3) is 3.96. The molecule has 1 fully saturated rings. The Morgan fingerprint density at radius 3 is 2.65 bits per heavy atom. The Labute approximate surface area is 104 Å². The number of likely N-dealkylation sites (tertiary alicyclic amines) is 1. The van der Waals surface area contributed by atoms with E-state index in [0.29, 0.717) is 25.9 Å². The van der Waals surface area contributed by atoms with E-state index >= 15 is 0 Å². The lowest BCUT2D eigenvalue weighted by atomic mass is 9.87. The van der Waals surface area contributed by atoms with Gasteiger partial charge < -0.3 is 15.7 Å². The fourth-order valence-electron chi connectivity index (χ4n) is 2.36. The fourth-order valence-corrected chi connectivity index (χ4v) is 2.36. The van der Waals surface area contributed by atoms with Gasteiger partial charge in [0, 0.05) is 18.5 Å². The summed E-state index contributed by atoms with van der Waals surface area (Å²) < 4.78 is 0.